The van der Waals surface area contributed by atoms with Crippen molar-refractivity contribution in [2.75, 3.05) is 25.3 Å². The lowest BCUT2D eigenvalue weighted by molar-refractivity contribution is -0.387. The first-order chi connectivity index (χ1) is 45.6. The summed E-state index contributed by atoms with van der Waals surface area (Å²) in [6, 6.07) is 42.6. The van der Waals surface area contributed by atoms with E-state index in [1.54, 1.807) is 41.6 Å². The standard InChI is InChI=1S/C19H15FN6O3.2C12H9ClN4.C8H7BrN2.C7H7FN2O3.C5H5ClN2/c1-25-18(11-5-3-4-6-13(11)24-25)14-7-8-21-19(22-14)23-15-10-16(26(27)28)12(20)9-17(15)29-2;2*1-17-11(10-6-7-14-12(13)15-10)8-4-2-3-5-9(8)16-17;1-11-8(9)6-4-2-3-5-7(6)10-11;1-13-7-2-4(8)6(10(11)12)3-5(7)9;1-4-2-3-7-5(6)8-4/h3-10H,1-2H3,(H,21,22,23);2*2-7H,1H3;2-5H,1H3;2-3H,9H2,1H3;2-3H,1H3. The van der Waals surface area contributed by atoms with E-state index in [0.29, 0.717) is 11.0 Å². The number of fused-ring (bicyclic) bond motifs is 4. The molecule has 482 valence electrons. The molecular weight excluding hydrogens is 1360 g/mol. The summed E-state index contributed by atoms with van der Waals surface area (Å²) in [6.07, 6.45) is 6.47. The molecule has 0 bridgehead atoms. The molecule has 14 rings (SSSR count). The zero-order valence-electron chi connectivity index (χ0n) is 51.0. The van der Waals surface area contributed by atoms with Gasteiger partial charge in [0.05, 0.1) is 91.7 Å². The van der Waals surface area contributed by atoms with Crippen LogP contribution in [0, 0.1) is 38.8 Å². The molecule has 0 aliphatic carbocycles. The van der Waals surface area contributed by atoms with Crippen LogP contribution in [0.2, 0.25) is 15.9 Å². The fourth-order valence-corrected chi connectivity index (χ4v) is 10.2. The number of aryl methyl sites for hydroxylation is 5. The van der Waals surface area contributed by atoms with Crippen LogP contribution >= 0.6 is 50.7 Å². The molecule has 0 spiro atoms. The Morgan fingerprint density at radius 1 is 0.495 bits per heavy atom. The van der Waals surface area contributed by atoms with Gasteiger partial charge in [0.15, 0.2) is 0 Å². The summed E-state index contributed by atoms with van der Waals surface area (Å²) < 4.78 is 44.7. The third kappa shape index (κ3) is 16.5. The van der Waals surface area contributed by atoms with Crippen LogP contribution < -0.4 is 20.5 Å². The smallest absolute Gasteiger partial charge is 0.307 e. The van der Waals surface area contributed by atoms with Crippen molar-refractivity contribution in [2.45, 2.75) is 6.92 Å². The van der Waals surface area contributed by atoms with Crippen LogP contribution in [0.4, 0.5) is 37.5 Å². The van der Waals surface area contributed by atoms with E-state index in [4.69, 9.17) is 45.3 Å². The van der Waals surface area contributed by atoms with Gasteiger partial charge in [-0.2, -0.15) is 29.2 Å². The van der Waals surface area contributed by atoms with Crippen LogP contribution in [0.1, 0.15) is 5.69 Å². The highest BCUT2D eigenvalue weighted by Gasteiger charge is 2.22. The van der Waals surface area contributed by atoms with Gasteiger partial charge in [0.25, 0.3) is 0 Å². The number of nitrogens with zero attached hydrogens (tertiary/aromatic N) is 18. The molecule has 8 aromatic heterocycles. The number of hydrogen-bond acceptors (Lipinski definition) is 20. The van der Waals surface area contributed by atoms with Gasteiger partial charge in [-0.3, -0.25) is 39.0 Å². The number of ether oxygens (including phenoxy) is 2. The Morgan fingerprint density at radius 3 is 1.26 bits per heavy atom. The summed E-state index contributed by atoms with van der Waals surface area (Å²) in [5, 5.41) is 46.8. The number of aromatic nitrogens is 16. The topological polar surface area (TPSA) is 317 Å². The summed E-state index contributed by atoms with van der Waals surface area (Å²) in [6.45, 7) is 1.87. The quantitative estimate of drug-likeness (QED) is 0.0587. The molecule has 0 radical (unpaired) electrons. The predicted octanol–water partition coefficient (Wildman–Crippen LogP) is 14.3. The second kappa shape index (κ2) is 30.9. The Kier molecular flexibility index (Phi) is 22.2. The summed E-state index contributed by atoms with van der Waals surface area (Å²) >= 11 is 20.5. The number of nitro benzene ring substituents is 2. The highest BCUT2D eigenvalue weighted by atomic mass is 79.9. The predicted molar refractivity (Wildman–Crippen MR) is 362 cm³/mol. The maximum absolute atomic E-state index is 13.9. The number of methoxy groups -OCH3 is 2. The van der Waals surface area contributed by atoms with E-state index in [2.05, 4.69) is 86.3 Å². The maximum atomic E-state index is 13.9. The molecule has 6 aromatic carbocycles. The average molecular weight is 1410 g/mol. The lowest BCUT2D eigenvalue weighted by atomic mass is 10.1. The molecule has 26 nitrogen and oxygen atoms in total. The van der Waals surface area contributed by atoms with Crippen LogP contribution in [0.5, 0.6) is 11.5 Å². The van der Waals surface area contributed by atoms with Crippen molar-refractivity contribution in [1.82, 2.24) is 79.0 Å². The molecule has 0 fully saturated rings. The van der Waals surface area contributed by atoms with Crippen LogP contribution in [0.15, 0.2) is 175 Å². The van der Waals surface area contributed by atoms with Gasteiger partial charge in [0.2, 0.25) is 33.4 Å². The fraction of sp³-hybridized carbons (Fsp3) is 0.111. The van der Waals surface area contributed by atoms with E-state index >= 15 is 0 Å². The number of nitrogens with two attached hydrogens (primary N) is 1. The number of hydrogen-bond donors (Lipinski definition) is 2. The molecule has 0 amide bonds. The lowest BCUT2D eigenvalue weighted by Gasteiger charge is -2.11. The molecule has 0 aliphatic heterocycles. The Bertz CT molecular complexity index is 4960. The van der Waals surface area contributed by atoms with Gasteiger partial charge in [-0.05, 0) is 106 Å². The number of nitrogens with one attached hydrogen (secondary N) is 1. The third-order valence-electron chi connectivity index (χ3n) is 13.5. The molecule has 0 aliphatic rings. The molecular formula is C63H52BrCl3F2N20O6. The molecule has 0 unspecified atom stereocenters. The number of halogens is 6. The minimum absolute atomic E-state index is 0.0376. The number of benzene rings is 6. The highest BCUT2D eigenvalue weighted by Crippen LogP contribution is 2.35. The van der Waals surface area contributed by atoms with Crippen molar-refractivity contribution in [1.29, 1.82) is 0 Å². The highest BCUT2D eigenvalue weighted by molar-refractivity contribution is 9.10. The van der Waals surface area contributed by atoms with Crippen LogP contribution in [0.3, 0.4) is 0 Å². The van der Waals surface area contributed by atoms with Crippen LogP contribution in [-0.2, 0) is 28.2 Å². The fourth-order valence-electron chi connectivity index (χ4n) is 9.32. The Morgan fingerprint density at radius 2 is 0.863 bits per heavy atom. The van der Waals surface area contributed by atoms with E-state index in [9.17, 15) is 29.0 Å². The maximum Gasteiger partial charge on any atom is 0.307 e. The van der Waals surface area contributed by atoms with Gasteiger partial charge in [-0.25, -0.2) is 39.9 Å². The number of rotatable bonds is 9. The van der Waals surface area contributed by atoms with Crippen molar-refractivity contribution in [3.63, 3.8) is 0 Å². The molecule has 95 heavy (non-hydrogen) atoms. The number of nitro groups is 2. The molecule has 0 saturated heterocycles. The molecule has 8 heterocycles. The van der Waals surface area contributed by atoms with E-state index < -0.39 is 32.9 Å². The van der Waals surface area contributed by atoms with Crippen molar-refractivity contribution >= 4 is 123 Å². The Balaban J connectivity index is 0.000000141. The first-order valence-electron chi connectivity index (χ1n) is 27.8. The first-order valence-corrected chi connectivity index (χ1v) is 29.7. The summed E-state index contributed by atoms with van der Waals surface area (Å²) in [5.41, 5.74) is 13.7. The SMILES string of the molecule is COc1cc(F)c([N+](=O)[O-])cc1N.COc1cc(F)c([N+](=O)[O-])cc1Nc1nccc(-c2c3ccccc3nn2C)n1.Cc1ccnc(Cl)n1.Cn1nc2ccccc2c1-c1ccnc(Cl)n1.Cn1nc2ccccc2c1-c1ccnc(Cl)n1.Cn1nc2ccccc2c1Br. The molecule has 0 saturated carbocycles. The second-order valence-electron chi connectivity index (χ2n) is 19.7. The summed E-state index contributed by atoms with van der Waals surface area (Å²) in [4.78, 5) is 52.0. The zero-order chi connectivity index (χ0) is 68.0. The zero-order valence-corrected chi connectivity index (χ0v) is 54.9. The van der Waals surface area contributed by atoms with E-state index in [1.807, 2.05) is 158 Å². The monoisotopic (exact) mass is 1410 g/mol. The minimum atomic E-state index is -0.992. The van der Waals surface area contributed by atoms with Gasteiger partial charge in [-0.1, -0.05) is 72.8 Å². The summed E-state index contributed by atoms with van der Waals surface area (Å²) in [7, 11) is 10.2. The summed E-state index contributed by atoms with van der Waals surface area (Å²) in [5.74, 6) is -1.60. The third-order valence-corrected chi connectivity index (χ3v) is 15.0. The van der Waals surface area contributed by atoms with Gasteiger partial charge < -0.3 is 20.5 Å². The van der Waals surface area contributed by atoms with Crippen molar-refractivity contribution in [3.05, 3.63) is 228 Å². The van der Waals surface area contributed by atoms with E-state index in [-0.39, 0.29) is 39.4 Å². The van der Waals surface area contributed by atoms with E-state index in [1.165, 1.54) is 14.2 Å². The van der Waals surface area contributed by atoms with Gasteiger partial charge in [0.1, 0.15) is 16.1 Å². The molecule has 14 aromatic rings. The average Bonchev–Trinajstić information content (AvgIpc) is 1.24. The second-order valence-corrected chi connectivity index (χ2v) is 21.5. The first kappa shape index (κ1) is 68.1. The van der Waals surface area contributed by atoms with E-state index in [0.717, 1.165) is 107 Å². The van der Waals surface area contributed by atoms with Crippen LogP contribution in [-0.4, -0.2) is 103 Å². The largest absolute Gasteiger partial charge is 0.494 e. The lowest BCUT2D eigenvalue weighted by Crippen LogP contribution is -2.03. The molecule has 0 atom stereocenters. The number of anilines is 3. The van der Waals surface area contributed by atoms with Crippen molar-refractivity contribution in [3.8, 4) is 45.7 Å². The van der Waals surface area contributed by atoms with Crippen molar-refractivity contribution in [2.24, 2.45) is 28.2 Å². The van der Waals surface area contributed by atoms with Gasteiger partial charge >= 0.3 is 11.4 Å². The molecule has 3 N–H and O–H groups in total. The Hall–Kier alpha value is -11.3. The Labute approximate surface area is 561 Å². The van der Waals surface area contributed by atoms with Crippen LogP contribution in [0.25, 0.3) is 77.8 Å². The van der Waals surface area contributed by atoms with Crippen molar-refractivity contribution < 1.29 is 28.1 Å². The van der Waals surface area contributed by atoms with Gasteiger partial charge in [0, 0.05) is 104 Å². The molecule has 32 heteroatoms. The normalized spacial score (nSPS) is 10.6. The minimum Gasteiger partial charge on any atom is -0.494 e. The van der Waals surface area contributed by atoms with Gasteiger partial charge in [-0.15, -0.1) is 0 Å². The number of nitrogen functional groups attached to an aromatic ring is 1.